The molecule has 0 radical (unpaired) electrons. The van der Waals surface area contributed by atoms with Gasteiger partial charge in [-0.1, -0.05) is 0 Å². The van der Waals surface area contributed by atoms with Crippen LogP contribution in [0.1, 0.15) is 80.1 Å². The van der Waals surface area contributed by atoms with Gasteiger partial charge in [0.2, 0.25) is 0 Å². The molecule has 176 valence electrons. The Kier molecular flexibility index (Phi) is 9.57. The van der Waals surface area contributed by atoms with Crippen LogP contribution >= 0.6 is 0 Å². The van der Waals surface area contributed by atoms with Gasteiger partial charge in [0.25, 0.3) is 0 Å². The zero-order valence-corrected chi connectivity index (χ0v) is 25.8. The van der Waals surface area contributed by atoms with Crippen molar-refractivity contribution in [1.82, 2.24) is 9.78 Å². The van der Waals surface area contributed by atoms with Gasteiger partial charge >= 0.3 is 198 Å². The Balaban J connectivity index is 2.60. The maximum absolute atomic E-state index is 6.72. The molecule has 5 heteroatoms. The first-order valence-electron chi connectivity index (χ1n) is 12.7. The Hall–Kier alpha value is -0.494. The summed E-state index contributed by atoms with van der Waals surface area (Å²) in [6.07, 6.45) is 7.97. The Morgan fingerprint density at radius 2 is 1.45 bits per heavy atom. The second kappa shape index (κ2) is 11.1. The van der Waals surface area contributed by atoms with Crippen LogP contribution < -0.4 is 8.14 Å². The van der Waals surface area contributed by atoms with E-state index in [2.05, 4.69) is 84.6 Å². The minimum atomic E-state index is -2.62. The van der Waals surface area contributed by atoms with Crippen molar-refractivity contribution < 1.29 is 4.43 Å². The normalized spacial score (nSPS) is 13.2. The number of nitrogens with zero attached hydrogens (tertiary/aromatic N) is 2. The summed E-state index contributed by atoms with van der Waals surface area (Å²) in [6.45, 7) is 18.7. The maximum atomic E-state index is 6.72. The van der Waals surface area contributed by atoms with E-state index in [1.807, 2.05) is 0 Å². The van der Waals surface area contributed by atoms with Crippen LogP contribution in [0.4, 0.5) is 0 Å². The molecular formula is C26H48N2OSiSn. The van der Waals surface area contributed by atoms with Gasteiger partial charge in [-0.05, 0) is 0 Å². The fourth-order valence-corrected chi connectivity index (χ4v) is 21.7. The summed E-state index contributed by atoms with van der Waals surface area (Å²) >= 11 is -2.62. The monoisotopic (exact) mass is 552 g/mol. The fraction of sp³-hybridized carbons (Fsp3) is 0.731. The summed E-state index contributed by atoms with van der Waals surface area (Å²) in [5, 5.41) is 6.87. The number of rotatable bonds is 12. The van der Waals surface area contributed by atoms with E-state index in [-0.39, 0.29) is 5.04 Å². The summed E-state index contributed by atoms with van der Waals surface area (Å²) in [5.41, 5.74) is 1.28. The van der Waals surface area contributed by atoms with Gasteiger partial charge in [0.1, 0.15) is 0 Å². The summed E-state index contributed by atoms with van der Waals surface area (Å²) < 4.78 is 14.7. The van der Waals surface area contributed by atoms with Gasteiger partial charge in [0.15, 0.2) is 0 Å². The van der Waals surface area contributed by atoms with Crippen LogP contribution in [0.5, 0.6) is 5.75 Å². The molecule has 0 aliphatic carbocycles. The van der Waals surface area contributed by atoms with Gasteiger partial charge in [-0.3, -0.25) is 0 Å². The van der Waals surface area contributed by atoms with Gasteiger partial charge in [0, 0.05) is 0 Å². The van der Waals surface area contributed by atoms with E-state index in [1.165, 1.54) is 66.4 Å². The number of hydrogen-bond acceptors (Lipinski definition) is 2. The van der Waals surface area contributed by atoms with Crippen LogP contribution in [0.2, 0.25) is 31.4 Å². The predicted octanol–water partition coefficient (Wildman–Crippen LogP) is 8.01. The molecule has 3 nitrogen and oxygen atoms in total. The summed E-state index contributed by atoms with van der Waals surface area (Å²) in [6, 6.07) is 6.79. The van der Waals surface area contributed by atoms with Crippen molar-refractivity contribution in [3.05, 3.63) is 18.2 Å². The van der Waals surface area contributed by atoms with Gasteiger partial charge in [-0.25, -0.2) is 0 Å². The number of aryl methyl sites for hydroxylation is 1. The van der Waals surface area contributed by atoms with Gasteiger partial charge in [-0.15, -0.1) is 0 Å². The first kappa shape index (κ1) is 26.8. The molecule has 0 aliphatic heterocycles. The van der Waals surface area contributed by atoms with Crippen LogP contribution in [-0.4, -0.2) is 36.5 Å². The molecule has 31 heavy (non-hydrogen) atoms. The molecule has 0 saturated carbocycles. The molecular weight excluding hydrogens is 503 g/mol. The number of fused-ring (bicyclic) bond motifs is 1. The third kappa shape index (κ3) is 6.30. The van der Waals surface area contributed by atoms with Crippen molar-refractivity contribution in [3.63, 3.8) is 0 Å². The van der Waals surface area contributed by atoms with E-state index < -0.39 is 26.7 Å². The molecule has 0 saturated heterocycles. The number of benzene rings is 1. The Bertz CT molecular complexity index is 816. The predicted molar refractivity (Wildman–Crippen MR) is 143 cm³/mol. The van der Waals surface area contributed by atoms with Crippen molar-refractivity contribution in [2.75, 3.05) is 0 Å². The summed E-state index contributed by atoms with van der Waals surface area (Å²) in [4.78, 5) is 0. The second-order valence-electron chi connectivity index (χ2n) is 11.1. The molecule has 0 amide bonds. The number of aromatic nitrogens is 2. The molecule has 0 unspecified atom stereocenters. The van der Waals surface area contributed by atoms with E-state index in [9.17, 15) is 0 Å². The Morgan fingerprint density at radius 1 is 0.935 bits per heavy atom. The minimum absolute atomic E-state index is 0.200. The molecule has 0 fully saturated rings. The van der Waals surface area contributed by atoms with Gasteiger partial charge in [-0.2, -0.15) is 0 Å². The molecule has 2 aromatic rings. The SMILES string of the molecule is CCC[CH2][Sn]([CH2]CCC)([CH2]CCC)[c]1nn(C)c2ccc(O[Si](C)(C)C(C)(C)C)cc12. The first-order chi connectivity index (χ1) is 14.5. The summed E-state index contributed by atoms with van der Waals surface area (Å²) in [5.74, 6) is 1.05. The number of hydrogen-bond donors (Lipinski definition) is 0. The zero-order chi connectivity index (χ0) is 23.3. The molecule has 1 heterocycles. The molecule has 0 atom stereocenters. The van der Waals surface area contributed by atoms with Crippen LogP contribution in [0, 0.1) is 0 Å². The van der Waals surface area contributed by atoms with E-state index in [0.29, 0.717) is 0 Å². The average Bonchev–Trinajstić information content (AvgIpc) is 3.03. The second-order valence-corrected chi connectivity index (χ2v) is 28.8. The van der Waals surface area contributed by atoms with Crippen molar-refractivity contribution in [1.29, 1.82) is 0 Å². The molecule has 0 bridgehead atoms. The number of unbranched alkanes of at least 4 members (excludes halogenated alkanes) is 3. The topological polar surface area (TPSA) is 27.1 Å². The van der Waals surface area contributed by atoms with Crippen LogP contribution in [-0.2, 0) is 7.05 Å². The molecule has 1 aromatic heterocycles. The first-order valence-corrected chi connectivity index (χ1v) is 23.1. The Labute approximate surface area is 197 Å². The van der Waals surface area contributed by atoms with Crippen LogP contribution in [0.25, 0.3) is 10.9 Å². The van der Waals surface area contributed by atoms with Crippen LogP contribution in [0.3, 0.4) is 0 Å². The zero-order valence-electron chi connectivity index (χ0n) is 21.9. The Morgan fingerprint density at radius 3 is 1.90 bits per heavy atom. The van der Waals surface area contributed by atoms with Crippen molar-refractivity contribution in [2.24, 2.45) is 7.05 Å². The van der Waals surface area contributed by atoms with Crippen LogP contribution in [0.15, 0.2) is 18.2 Å². The van der Waals surface area contributed by atoms with E-state index in [4.69, 9.17) is 9.52 Å². The summed E-state index contributed by atoms with van der Waals surface area (Å²) in [7, 11) is 0.273. The van der Waals surface area contributed by atoms with E-state index >= 15 is 0 Å². The molecule has 2 rings (SSSR count). The molecule has 0 spiro atoms. The van der Waals surface area contributed by atoms with Crippen molar-refractivity contribution in [3.8, 4) is 5.75 Å². The van der Waals surface area contributed by atoms with Crippen molar-refractivity contribution >= 4 is 41.3 Å². The third-order valence-electron chi connectivity index (χ3n) is 7.53. The standard InChI is InChI=1S/C14H21N2OSi.3C4H9.Sn/c1-14(2,3)18(5,6)17-12-7-8-13-11(9-12)10-15-16(13)4;3*1-3-4-2;/h7-9H,1-6H3;3*1,3-4H2,2H3;. The average molecular weight is 551 g/mol. The quantitative estimate of drug-likeness (QED) is 0.250. The molecule has 1 aromatic carbocycles. The van der Waals surface area contributed by atoms with Gasteiger partial charge < -0.3 is 0 Å². The molecule has 0 N–H and O–H groups in total. The van der Waals surface area contributed by atoms with Crippen molar-refractivity contribution in [2.45, 2.75) is 112 Å². The molecule has 0 aliphatic rings. The third-order valence-corrected chi connectivity index (χ3v) is 27.0. The fourth-order valence-electron chi connectivity index (χ4n) is 4.42. The van der Waals surface area contributed by atoms with Gasteiger partial charge in [0.05, 0.1) is 0 Å². The van der Waals surface area contributed by atoms with E-state index in [0.717, 1.165) is 5.75 Å². The van der Waals surface area contributed by atoms with E-state index in [1.54, 1.807) is 0 Å².